The average molecular weight is 272 g/mol. The van der Waals surface area contributed by atoms with Crippen LogP contribution in [-0.2, 0) is 4.74 Å². The lowest BCUT2D eigenvalue weighted by Crippen LogP contribution is -2.30. The molecule has 2 fully saturated rings. The summed E-state index contributed by atoms with van der Waals surface area (Å²) in [7, 11) is 0. The molecule has 4 nitrogen and oxygen atoms in total. The topological polar surface area (TPSA) is 47.0 Å². The predicted molar refractivity (Wildman–Crippen MR) is 68.7 cm³/mol. The molecule has 0 aromatic carbocycles. The van der Waals surface area contributed by atoms with Crippen molar-refractivity contribution in [3.05, 3.63) is 11.2 Å². The number of nitrogens with zero attached hydrogens (tertiary/aromatic N) is 2. The summed E-state index contributed by atoms with van der Waals surface area (Å²) in [4.78, 5) is 8.52. The van der Waals surface area contributed by atoms with E-state index in [1.807, 2.05) is 6.26 Å². The van der Waals surface area contributed by atoms with Gasteiger partial charge in [0.05, 0.1) is 18.2 Å². The summed E-state index contributed by atoms with van der Waals surface area (Å²) in [6.07, 6.45) is 6.14. The third kappa shape index (κ3) is 2.37. The first-order valence-electron chi connectivity index (χ1n) is 5.75. The van der Waals surface area contributed by atoms with Crippen molar-refractivity contribution >= 4 is 29.2 Å². The number of nitrogens with one attached hydrogen (secondary N) is 1. The highest BCUT2D eigenvalue weighted by Gasteiger charge is 2.40. The molecule has 3 rings (SSSR count). The van der Waals surface area contributed by atoms with Crippen molar-refractivity contribution in [2.24, 2.45) is 0 Å². The number of anilines is 1. The van der Waals surface area contributed by atoms with E-state index in [1.165, 1.54) is 18.2 Å². The van der Waals surface area contributed by atoms with Gasteiger partial charge in [-0.3, -0.25) is 0 Å². The molecule has 2 bridgehead atoms. The van der Waals surface area contributed by atoms with Crippen LogP contribution in [0, 0.1) is 0 Å². The van der Waals surface area contributed by atoms with Crippen LogP contribution in [0.2, 0.25) is 5.15 Å². The zero-order chi connectivity index (χ0) is 11.8. The summed E-state index contributed by atoms with van der Waals surface area (Å²) < 4.78 is 5.80. The molecule has 0 radical (unpaired) electrons. The van der Waals surface area contributed by atoms with Gasteiger partial charge in [-0.05, 0) is 25.5 Å². The van der Waals surface area contributed by atoms with E-state index in [0.29, 0.717) is 28.6 Å². The van der Waals surface area contributed by atoms with Gasteiger partial charge in [0.15, 0.2) is 5.16 Å². The number of fused-ring (bicyclic) bond motifs is 2. The number of hydrogen-bond donors (Lipinski definition) is 1. The van der Waals surface area contributed by atoms with Crippen LogP contribution in [0.5, 0.6) is 0 Å². The molecule has 2 aliphatic rings. The van der Waals surface area contributed by atoms with Crippen molar-refractivity contribution in [1.29, 1.82) is 0 Å². The molecule has 3 unspecified atom stereocenters. The molecular weight excluding hydrogens is 258 g/mol. The minimum Gasteiger partial charge on any atom is -0.373 e. The van der Waals surface area contributed by atoms with Crippen molar-refractivity contribution in [3.63, 3.8) is 0 Å². The van der Waals surface area contributed by atoms with Gasteiger partial charge in [-0.1, -0.05) is 23.4 Å². The number of thioether (sulfide) groups is 1. The van der Waals surface area contributed by atoms with Crippen molar-refractivity contribution in [2.75, 3.05) is 11.6 Å². The fraction of sp³-hybridized carbons (Fsp3) is 0.636. The predicted octanol–water partition coefficient (Wildman–Crippen LogP) is 2.58. The fourth-order valence-electron chi connectivity index (χ4n) is 2.54. The first-order chi connectivity index (χ1) is 8.24. The van der Waals surface area contributed by atoms with Crippen molar-refractivity contribution in [3.8, 4) is 0 Å². The number of ether oxygens (including phenoxy) is 1. The molecule has 2 aliphatic heterocycles. The Morgan fingerprint density at radius 3 is 3.00 bits per heavy atom. The van der Waals surface area contributed by atoms with Crippen LogP contribution in [0.3, 0.4) is 0 Å². The second-order valence-corrected chi connectivity index (χ2v) is 5.58. The van der Waals surface area contributed by atoms with E-state index in [2.05, 4.69) is 15.3 Å². The van der Waals surface area contributed by atoms with Crippen LogP contribution in [-0.4, -0.2) is 34.5 Å². The van der Waals surface area contributed by atoms with Crippen molar-refractivity contribution < 1.29 is 4.74 Å². The van der Waals surface area contributed by atoms with Gasteiger partial charge in [0.25, 0.3) is 0 Å². The summed E-state index contributed by atoms with van der Waals surface area (Å²) in [5.74, 6) is 0.801. The van der Waals surface area contributed by atoms with Crippen LogP contribution >= 0.6 is 23.4 Å². The molecule has 0 spiro atoms. The molecule has 1 aromatic heterocycles. The zero-order valence-electron chi connectivity index (χ0n) is 9.52. The second kappa shape index (κ2) is 4.63. The van der Waals surface area contributed by atoms with E-state index in [-0.39, 0.29) is 0 Å². The van der Waals surface area contributed by atoms with Gasteiger partial charge in [-0.25, -0.2) is 9.97 Å². The summed E-state index contributed by atoms with van der Waals surface area (Å²) in [6.45, 7) is 0. The summed E-state index contributed by atoms with van der Waals surface area (Å²) in [6, 6.07) is 2.14. The Hall–Kier alpha value is -0.520. The maximum Gasteiger partial charge on any atom is 0.190 e. The largest absolute Gasteiger partial charge is 0.373 e. The maximum absolute atomic E-state index is 5.96. The van der Waals surface area contributed by atoms with Gasteiger partial charge in [-0.2, -0.15) is 0 Å². The molecule has 3 atom stereocenters. The third-order valence-corrected chi connectivity index (χ3v) is 4.04. The molecule has 6 heteroatoms. The normalized spacial score (nSPS) is 30.8. The van der Waals surface area contributed by atoms with Crippen molar-refractivity contribution in [2.45, 2.75) is 42.7 Å². The van der Waals surface area contributed by atoms with Gasteiger partial charge in [-0.15, -0.1) is 0 Å². The fourth-order valence-corrected chi connectivity index (χ4v) is 3.15. The minimum absolute atomic E-state index is 0.339. The smallest absolute Gasteiger partial charge is 0.190 e. The number of halogens is 1. The maximum atomic E-state index is 5.96. The first kappa shape index (κ1) is 11.6. The van der Waals surface area contributed by atoms with Gasteiger partial charge in [0.1, 0.15) is 11.0 Å². The summed E-state index contributed by atoms with van der Waals surface area (Å²) in [5.41, 5.74) is 0. The Morgan fingerprint density at radius 1 is 1.47 bits per heavy atom. The lowest BCUT2D eigenvalue weighted by Gasteiger charge is -2.20. The van der Waals surface area contributed by atoms with Crippen molar-refractivity contribution in [1.82, 2.24) is 9.97 Å². The monoisotopic (exact) mass is 271 g/mol. The third-order valence-electron chi connectivity index (χ3n) is 3.30. The van der Waals surface area contributed by atoms with E-state index in [1.54, 1.807) is 6.07 Å². The lowest BCUT2D eigenvalue weighted by molar-refractivity contribution is 0.102. The van der Waals surface area contributed by atoms with Gasteiger partial charge in [0, 0.05) is 6.07 Å². The van der Waals surface area contributed by atoms with Gasteiger partial charge >= 0.3 is 0 Å². The molecular formula is C11H14ClN3OS. The lowest BCUT2D eigenvalue weighted by atomic mass is 9.95. The van der Waals surface area contributed by atoms with Crippen LogP contribution in [0.25, 0.3) is 0 Å². The Bertz CT molecular complexity index is 431. The number of aromatic nitrogens is 2. The Labute approximate surface area is 110 Å². The molecule has 0 amide bonds. The molecule has 1 N–H and O–H groups in total. The van der Waals surface area contributed by atoms with E-state index in [9.17, 15) is 0 Å². The second-order valence-electron chi connectivity index (χ2n) is 4.42. The SMILES string of the molecule is CSc1nc(Cl)cc(NC2CC3CCC2O3)n1. The van der Waals surface area contributed by atoms with E-state index in [0.717, 1.165) is 18.7 Å². The first-order valence-corrected chi connectivity index (χ1v) is 7.35. The quantitative estimate of drug-likeness (QED) is 0.520. The zero-order valence-corrected chi connectivity index (χ0v) is 11.1. The highest BCUT2D eigenvalue weighted by atomic mass is 35.5. The highest BCUT2D eigenvalue weighted by Crippen LogP contribution is 2.36. The van der Waals surface area contributed by atoms with E-state index < -0.39 is 0 Å². The number of rotatable bonds is 3. The molecule has 92 valence electrons. The van der Waals surface area contributed by atoms with Crippen LogP contribution in [0.4, 0.5) is 5.82 Å². The minimum atomic E-state index is 0.339. The van der Waals surface area contributed by atoms with E-state index >= 15 is 0 Å². The van der Waals surface area contributed by atoms with Crippen LogP contribution < -0.4 is 5.32 Å². The highest BCUT2D eigenvalue weighted by molar-refractivity contribution is 7.98. The molecule has 0 aliphatic carbocycles. The van der Waals surface area contributed by atoms with Crippen LogP contribution in [0.1, 0.15) is 19.3 Å². The average Bonchev–Trinajstić information content (AvgIpc) is 2.90. The Morgan fingerprint density at radius 2 is 2.35 bits per heavy atom. The Balaban J connectivity index is 1.74. The summed E-state index contributed by atoms with van der Waals surface area (Å²) in [5, 5.41) is 4.59. The van der Waals surface area contributed by atoms with Gasteiger partial charge in [0.2, 0.25) is 0 Å². The van der Waals surface area contributed by atoms with E-state index in [4.69, 9.17) is 16.3 Å². The number of hydrogen-bond acceptors (Lipinski definition) is 5. The molecule has 0 saturated carbocycles. The standard InChI is InChI=1S/C11H14ClN3OS/c1-17-11-14-9(12)5-10(15-11)13-7-4-6-2-3-8(7)16-6/h5-8H,2-4H2,1H3,(H,13,14,15). The molecule has 3 heterocycles. The Kier molecular flexibility index (Phi) is 3.15. The molecule has 1 aromatic rings. The molecule has 2 saturated heterocycles. The molecule has 17 heavy (non-hydrogen) atoms. The van der Waals surface area contributed by atoms with Gasteiger partial charge < -0.3 is 10.1 Å². The van der Waals surface area contributed by atoms with Crippen LogP contribution in [0.15, 0.2) is 11.2 Å². The summed E-state index contributed by atoms with van der Waals surface area (Å²) >= 11 is 7.45.